The Balaban J connectivity index is 1.60. The van der Waals surface area contributed by atoms with E-state index < -0.39 is 0 Å². The second-order valence-electron chi connectivity index (χ2n) is 6.28. The molecule has 130 valence electrons. The number of hydrogen-bond donors (Lipinski definition) is 2. The Morgan fingerprint density at radius 2 is 2.00 bits per heavy atom. The maximum Gasteiger partial charge on any atom is 0.241 e. The molecule has 1 saturated heterocycles. The number of nitrogens with zero attached hydrogens (tertiary/aromatic N) is 2. The number of anilines is 1. The molecule has 3 rings (SSSR count). The molecule has 0 unspecified atom stereocenters. The lowest BCUT2D eigenvalue weighted by Gasteiger charge is -2.23. The number of nitrogens with one attached hydrogen (secondary N) is 1. The summed E-state index contributed by atoms with van der Waals surface area (Å²) in [5, 5.41) is 2.96. The number of carbonyl (C=O) groups excluding carboxylic acids is 2. The lowest BCUT2D eigenvalue weighted by Crippen LogP contribution is -2.39. The molecule has 2 amide bonds. The number of benzene rings is 1. The van der Waals surface area contributed by atoms with E-state index in [4.69, 9.17) is 5.73 Å². The summed E-state index contributed by atoms with van der Waals surface area (Å²) < 4.78 is 0. The fourth-order valence-electron chi connectivity index (χ4n) is 3.14. The smallest absolute Gasteiger partial charge is 0.241 e. The standard InChI is InChI=1S/C19H22N4O2/c20-18(24)12-14-6-8-15(9-7-14)22-19(25)17-5-3-11-23(17)13-16-4-1-2-10-21-16/h1-2,4,6-10,17H,3,5,11-13H2,(H2,20,24)(H,22,25)/t17-/m0/s1. The van der Waals surface area contributed by atoms with Crippen molar-refractivity contribution in [3.63, 3.8) is 0 Å². The highest BCUT2D eigenvalue weighted by molar-refractivity contribution is 5.95. The third-order valence-electron chi connectivity index (χ3n) is 4.36. The van der Waals surface area contributed by atoms with Crippen molar-refractivity contribution >= 4 is 17.5 Å². The molecule has 1 aromatic carbocycles. The molecule has 1 atom stereocenters. The van der Waals surface area contributed by atoms with Crippen LogP contribution >= 0.6 is 0 Å². The predicted molar refractivity (Wildman–Crippen MR) is 95.6 cm³/mol. The molecule has 0 aliphatic carbocycles. The fraction of sp³-hybridized carbons (Fsp3) is 0.316. The minimum Gasteiger partial charge on any atom is -0.369 e. The van der Waals surface area contributed by atoms with E-state index in [1.165, 1.54) is 0 Å². The zero-order chi connectivity index (χ0) is 17.6. The van der Waals surface area contributed by atoms with Gasteiger partial charge in [-0.2, -0.15) is 0 Å². The van der Waals surface area contributed by atoms with Crippen molar-refractivity contribution < 1.29 is 9.59 Å². The summed E-state index contributed by atoms with van der Waals surface area (Å²) in [7, 11) is 0. The van der Waals surface area contributed by atoms with E-state index in [0.29, 0.717) is 6.54 Å². The predicted octanol–water partition coefficient (Wildman–Crippen LogP) is 1.71. The molecule has 1 aromatic heterocycles. The first kappa shape index (κ1) is 17.1. The summed E-state index contributed by atoms with van der Waals surface area (Å²) in [6.45, 7) is 1.57. The van der Waals surface area contributed by atoms with Gasteiger partial charge in [0.1, 0.15) is 0 Å². The number of likely N-dealkylation sites (tertiary alicyclic amines) is 1. The van der Waals surface area contributed by atoms with Crippen LogP contribution in [-0.2, 0) is 22.6 Å². The lowest BCUT2D eigenvalue weighted by atomic mass is 10.1. The van der Waals surface area contributed by atoms with Gasteiger partial charge in [-0.1, -0.05) is 18.2 Å². The Morgan fingerprint density at radius 1 is 1.20 bits per heavy atom. The summed E-state index contributed by atoms with van der Waals surface area (Å²) in [6.07, 6.45) is 3.82. The third-order valence-corrected chi connectivity index (χ3v) is 4.36. The topological polar surface area (TPSA) is 88.3 Å². The Kier molecular flexibility index (Phi) is 5.40. The van der Waals surface area contributed by atoms with Crippen molar-refractivity contribution in [2.75, 3.05) is 11.9 Å². The van der Waals surface area contributed by atoms with Crippen LogP contribution in [-0.4, -0.2) is 34.3 Å². The Bertz CT molecular complexity index is 731. The van der Waals surface area contributed by atoms with Crippen molar-refractivity contribution in [3.8, 4) is 0 Å². The quantitative estimate of drug-likeness (QED) is 0.839. The van der Waals surface area contributed by atoms with Gasteiger partial charge in [0.2, 0.25) is 11.8 Å². The van der Waals surface area contributed by atoms with Gasteiger partial charge in [-0.3, -0.25) is 19.5 Å². The molecular weight excluding hydrogens is 316 g/mol. The van der Waals surface area contributed by atoms with Crippen LogP contribution in [0, 0.1) is 0 Å². The van der Waals surface area contributed by atoms with E-state index >= 15 is 0 Å². The van der Waals surface area contributed by atoms with E-state index in [-0.39, 0.29) is 24.3 Å². The van der Waals surface area contributed by atoms with Gasteiger partial charge in [-0.15, -0.1) is 0 Å². The van der Waals surface area contributed by atoms with Crippen LogP contribution in [0.15, 0.2) is 48.7 Å². The minimum atomic E-state index is -0.368. The monoisotopic (exact) mass is 338 g/mol. The highest BCUT2D eigenvalue weighted by Crippen LogP contribution is 2.21. The molecule has 1 fully saturated rings. The molecule has 0 radical (unpaired) electrons. The van der Waals surface area contributed by atoms with E-state index in [0.717, 1.165) is 36.3 Å². The Hall–Kier alpha value is -2.73. The number of pyridine rings is 1. The normalized spacial score (nSPS) is 17.4. The molecular formula is C19H22N4O2. The van der Waals surface area contributed by atoms with Crippen LogP contribution in [0.3, 0.4) is 0 Å². The van der Waals surface area contributed by atoms with Crippen molar-refractivity contribution in [1.29, 1.82) is 0 Å². The van der Waals surface area contributed by atoms with Gasteiger partial charge in [0.25, 0.3) is 0 Å². The van der Waals surface area contributed by atoms with Crippen molar-refractivity contribution in [2.45, 2.75) is 31.8 Å². The molecule has 0 saturated carbocycles. The van der Waals surface area contributed by atoms with Crippen LogP contribution in [0.5, 0.6) is 0 Å². The number of primary amides is 1. The fourth-order valence-corrected chi connectivity index (χ4v) is 3.14. The van der Waals surface area contributed by atoms with Crippen molar-refractivity contribution in [1.82, 2.24) is 9.88 Å². The summed E-state index contributed by atoms with van der Waals surface area (Å²) in [5.74, 6) is -0.371. The van der Waals surface area contributed by atoms with Crippen LogP contribution in [0.2, 0.25) is 0 Å². The SMILES string of the molecule is NC(=O)Cc1ccc(NC(=O)[C@@H]2CCCN2Cc2ccccn2)cc1. The van der Waals surface area contributed by atoms with Crippen molar-refractivity contribution in [3.05, 3.63) is 59.9 Å². The molecule has 1 aliphatic rings. The highest BCUT2D eigenvalue weighted by atomic mass is 16.2. The van der Waals surface area contributed by atoms with Gasteiger partial charge in [0.05, 0.1) is 18.2 Å². The van der Waals surface area contributed by atoms with E-state index in [2.05, 4.69) is 15.2 Å². The molecule has 6 nitrogen and oxygen atoms in total. The minimum absolute atomic E-state index is 0.00363. The molecule has 25 heavy (non-hydrogen) atoms. The molecule has 3 N–H and O–H groups in total. The maximum atomic E-state index is 12.6. The van der Waals surface area contributed by atoms with Gasteiger partial charge in [0, 0.05) is 18.4 Å². The molecule has 2 heterocycles. The van der Waals surface area contributed by atoms with Crippen molar-refractivity contribution in [2.24, 2.45) is 5.73 Å². The number of rotatable bonds is 6. The summed E-state index contributed by atoms with van der Waals surface area (Å²) >= 11 is 0. The maximum absolute atomic E-state index is 12.6. The number of amides is 2. The summed E-state index contributed by atoms with van der Waals surface area (Å²) in [5.41, 5.74) is 7.72. The van der Waals surface area contributed by atoms with Gasteiger partial charge >= 0.3 is 0 Å². The van der Waals surface area contributed by atoms with E-state index in [1.54, 1.807) is 30.5 Å². The zero-order valence-corrected chi connectivity index (χ0v) is 14.0. The van der Waals surface area contributed by atoms with Gasteiger partial charge < -0.3 is 11.1 Å². The zero-order valence-electron chi connectivity index (χ0n) is 14.0. The molecule has 0 bridgehead atoms. The van der Waals surface area contributed by atoms with Crippen LogP contribution < -0.4 is 11.1 Å². The number of aromatic nitrogens is 1. The van der Waals surface area contributed by atoms with Crippen LogP contribution in [0.1, 0.15) is 24.1 Å². The molecule has 6 heteroatoms. The first-order chi connectivity index (χ1) is 12.1. The molecule has 1 aliphatic heterocycles. The number of carbonyl (C=O) groups is 2. The second kappa shape index (κ2) is 7.90. The first-order valence-electron chi connectivity index (χ1n) is 8.44. The largest absolute Gasteiger partial charge is 0.369 e. The van der Waals surface area contributed by atoms with Gasteiger partial charge in [-0.05, 0) is 49.2 Å². The third kappa shape index (κ3) is 4.64. The number of nitrogens with two attached hydrogens (primary N) is 1. The van der Waals surface area contributed by atoms with Gasteiger partial charge in [-0.25, -0.2) is 0 Å². The molecule has 0 spiro atoms. The average molecular weight is 338 g/mol. The Labute approximate surface area is 147 Å². The van der Waals surface area contributed by atoms with Crippen LogP contribution in [0.4, 0.5) is 5.69 Å². The second-order valence-corrected chi connectivity index (χ2v) is 6.28. The summed E-state index contributed by atoms with van der Waals surface area (Å²) in [6, 6.07) is 12.9. The van der Waals surface area contributed by atoms with Gasteiger partial charge in [0.15, 0.2) is 0 Å². The summed E-state index contributed by atoms with van der Waals surface area (Å²) in [4.78, 5) is 30.1. The average Bonchev–Trinajstić information content (AvgIpc) is 3.05. The first-order valence-corrected chi connectivity index (χ1v) is 8.44. The lowest BCUT2D eigenvalue weighted by molar-refractivity contribution is -0.120. The molecule has 2 aromatic rings. The van der Waals surface area contributed by atoms with Crippen LogP contribution in [0.25, 0.3) is 0 Å². The van der Waals surface area contributed by atoms with E-state index in [1.807, 2.05) is 18.2 Å². The van der Waals surface area contributed by atoms with E-state index in [9.17, 15) is 9.59 Å². The Morgan fingerprint density at radius 3 is 2.68 bits per heavy atom. The highest BCUT2D eigenvalue weighted by Gasteiger charge is 2.30. The number of hydrogen-bond acceptors (Lipinski definition) is 4.